The number of pyridine rings is 1. The fraction of sp³-hybridized carbons (Fsp3) is 0.667. The van der Waals surface area contributed by atoms with Gasteiger partial charge in [0.15, 0.2) is 0 Å². The van der Waals surface area contributed by atoms with E-state index in [0.717, 1.165) is 30.5 Å². The van der Waals surface area contributed by atoms with E-state index in [4.69, 9.17) is 0 Å². The van der Waals surface area contributed by atoms with Crippen molar-refractivity contribution in [1.29, 1.82) is 0 Å². The van der Waals surface area contributed by atoms with E-state index in [2.05, 4.69) is 41.6 Å². The molecule has 18 heavy (non-hydrogen) atoms. The van der Waals surface area contributed by atoms with Crippen LogP contribution in [0.4, 0.5) is 11.6 Å². The van der Waals surface area contributed by atoms with Crippen LogP contribution in [-0.4, -0.2) is 17.6 Å². The molecule has 1 aliphatic rings. The molecule has 1 aromatic rings. The van der Waals surface area contributed by atoms with Gasteiger partial charge in [0, 0.05) is 12.6 Å². The summed E-state index contributed by atoms with van der Waals surface area (Å²) in [6.45, 7) is 5.43. The lowest BCUT2D eigenvalue weighted by molar-refractivity contribution is 0.481. The van der Waals surface area contributed by atoms with Crippen LogP contribution in [0.5, 0.6) is 0 Å². The maximum Gasteiger partial charge on any atom is 0.128 e. The zero-order valence-corrected chi connectivity index (χ0v) is 11.6. The maximum atomic E-state index is 4.60. The molecule has 0 radical (unpaired) electrons. The molecule has 0 aliphatic heterocycles. The van der Waals surface area contributed by atoms with E-state index in [-0.39, 0.29) is 0 Å². The highest BCUT2D eigenvalue weighted by atomic mass is 15.1. The molecule has 0 bridgehead atoms. The molecular formula is C15H25N3. The Morgan fingerprint density at radius 2 is 2.00 bits per heavy atom. The summed E-state index contributed by atoms with van der Waals surface area (Å²) in [4.78, 5) is 4.60. The molecule has 1 aliphatic carbocycles. The summed E-state index contributed by atoms with van der Waals surface area (Å²) in [7, 11) is 0. The van der Waals surface area contributed by atoms with E-state index >= 15 is 0 Å². The van der Waals surface area contributed by atoms with Gasteiger partial charge in [0.25, 0.3) is 0 Å². The highest BCUT2D eigenvalue weighted by molar-refractivity contribution is 5.45. The lowest BCUT2D eigenvalue weighted by atomic mass is 10.00. The molecule has 3 nitrogen and oxygen atoms in total. The van der Waals surface area contributed by atoms with E-state index in [1.165, 1.54) is 25.7 Å². The Morgan fingerprint density at radius 3 is 2.72 bits per heavy atom. The van der Waals surface area contributed by atoms with Crippen molar-refractivity contribution in [3.05, 3.63) is 18.2 Å². The van der Waals surface area contributed by atoms with Crippen molar-refractivity contribution in [2.75, 3.05) is 17.2 Å². The number of nitrogens with zero attached hydrogens (tertiary/aromatic N) is 1. The van der Waals surface area contributed by atoms with Crippen LogP contribution in [0.15, 0.2) is 18.2 Å². The predicted molar refractivity (Wildman–Crippen MR) is 78.1 cm³/mol. The van der Waals surface area contributed by atoms with Gasteiger partial charge in [0.1, 0.15) is 11.6 Å². The monoisotopic (exact) mass is 247 g/mol. The number of anilines is 2. The van der Waals surface area contributed by atoms with Crippen molar-refractivity contribution in [2.45, 2.75) is 52.0 Å². The van der Waals surface area contributed by atoms with Crippen molar-refractivity contribution in [1.82, 2.24) is 4.98 Å². The van der Waals surface area contributed by atoms with Crippen molar-refractivity contribution in [3.63, 3.8) is 0 Å². The third kappa shape index (κ3) is 3.62. The molecule has 1 heterocycles. The molecule has 0 saturated heterocycles. The minimum absolute atomic E-state index is 0.529. The van der Waals surface area contributed by atoms with Crippen LogP contribution in [-0.2, 0) is 0 Å². The second kappa shape index (κ2) is 6.62. The smallest absolute Gasteiger partial charge is 0.128 e. The van der Waals surface area contributed by atoms with Crippen molar-refractivity contribution < 1.29 is 0 Å². The summed E-state index contributed by atoms with van der Waals surface area (Å²) in [5, 5.41) is 6.88. The fourth-order valence-electron chi connectivity index (χ4n) is 2.68. The molecule has 1 fully saturated rings. The van der Waals surface area contributed by atoms with E-state index in [9.17, 15) is 0 Å². The normalized spacial score (nSPS) is 17.7. The lowest BCUT2D eigenvalue weighted by Crippen LogP contribution is -2.24. The quantitative estimate of drug-likeness (QED) is 0.800. The van der Waals surface area contributed by atoms with E-state index < -0.39 is 0 Å². The largest absolute Gasteiger partial charge is 0.370 e. The Morgan fingerprint density at radius 1 is 1.28 bits per heavy atom. The molecule has 1 aromatic heterocycles. The highest BCUT2D eigenvalue weighted by Crippen LogP contribution is 2.29. The number of hydrogen-bond acceptors (Lipinski definition) is 3. The fourth-order valence-corrected chi connectivity index (χ4v) is 2.68. The SMILES string of the molecule is CCCNc1cccc(NC(C)C2CCCC2)n1. The van der Waals surface area contributed by atoms with Gasteiger partial charge in [-0.25, -0.2) is 4.98 Å². The van der Waals surface area contributed by atoms with Crippen LogP contribution in [0.2, 0.25) is 0 Å². The lowest BCUT2D eigenvalue weighted by Gasteiger charge is -2.21. The average molecular weight is 247 g/mol. The second-order valence-corrected chi connectivity index (χ2v) is 5.31. The summed E-state index contributed by atoms with van der Waals surface area (Å²) in [5.41, 5.74) is 0. The van der Waals surface area contributed by atoms with Gasteiger partial charge < -0.3 is 10.6 Å². The summed E-state index contributed by atoms with van der Waals surface area (Å²) in [6, 6.07) is 6.68. The summed E-state index contributed by atoms with van der Waals surface area (Å²) >= 11 is 0. The van der Waals surface area contributed by atoms with E-state index in [1.54, 1.807) is 0 Å². The molecule has 100 valence electrons. The molecule has 3 heteroatoms. The summed E-state index contributed by atoms with van der Waals surface area (Å²) in [5.74, 6) is 2.79. The van der Waals surface area contributed by atoms with E-state index in [1.807, 2.05) is 6.07 Å². The molecule has 0 aromatic carbocycles. The number of hydrogen-bond donors (Lipinski definition) is 2. The van der Waals surface area contributed by atoms with Gasteiger partial charge in [-0.05, 0) is 44.2 Å². The molecule has 1 saturated carbocycles. The Bertz CT molecular complexity index is 359. The van der Waals surface area contributed by atoms with Gasteiger partial charge in [0.2, 0.25) is 0 Å². The Hall–Kier alpha value is -1.25. The summed E-state index contributed by atoms with van der Waals surface area (Å²) in [6.07, 6.45) is 6.63. The van der Waals surface area contributed by atoms with Gasteiger partial charge in [-0.15, -0.1) is 0 Å². The first kappa shape index (κ1) is 13.2. The number of rotatable bonds is 6. The van der Waals surface area contributed by atoms with Gasteiger partial charge >= 0.3 is 0 Å². The maximum absolute atomic E-state index is 4.60. The van der Waals surface area contributed by atoms with Crippen LogP contribution >= 0.6 is 0 Å². The predicted octanol–water partition coefficient (Wildman–Crippen LogP) is 3.89. The van der Waals surface area contributed by atoms with Crippen molar-refractivity contribution in [3.8, 4) is 0 Å². The molecule has 1 atom stereocenters. The van der Waals surface area contributed by atoms with Crippen LogP contribution in [0.25, 0.3) is 0 Å². The summed E-state index contributed by atoms with van der Waals surface area (Å²) < 4.78 is 0. The first-order valence-corrected chi connectivity index (χ1v) is 7.27. The molecular weight excluding hydrogens is 222 g/mol. The third-order valence-electron chi connectivity index (χ3n) is 3.79. The van der Waals surface area contributed by atoms with E-state index in [0.29, 0.717) is 6.04 Å². The first-order chi connectivity index (χ1) is 8.79. The molecule has 1 unspecified atom stereocenters. The van der Waals surface area contributed by atoms with Gasteiger partial charge in [0.05, 0.1) is 0 Å². The molecule has 0 spiro atoms. The standard InChI is InChI=1S/C15H25N3/c1-3-11-16-14-9-6-10-15(18-14)17-12(2)13-7-4-5-8-13/h6,9-10,12-13H,3-5,7-8,11H2,1-2H3,(H2,16,17,18). The number of nitrogens with one attached hydrogen (secondary N) is 2. The topological polar surface area (TPSA) is 37.0 Å². The van der Waals surface area contributed by atoms with Crippen LogP contribution in [0.1, 0.15) is 46.0 Å². The minimum Gasteiger partial charge on any atom is -0.370 e. The van der Waals surface area contributed by atoms with Crippen LogP contribution in [0, 0.1) is 5.92 Å². The van der Waals surface area contributed by atoms with Crippen LogP contribution in [0.3, 0.4) is 0 Å². The Labute approximate surface area is 110 Å². The van der Waals surface area contributed by atoms with Crippen molar-refractivity contribution >= 4 is 11.6 Å². The number of aromatic nitrogens is 1. The molecule has 2 rings (SSSR count). The zero-order chi connectivity index (χ0) is 12.8. The molecule has 2 N–H and O–H groups in total. The van der Waals surface area contributed by atoms with Gasteiger partial charge in [-0.1, -0.05) is 25.8 Å². The molecule has 0 amide bonds. The first-order valence-electron chi connectivity index (χ1n) is 7.27. The third-order valence-corrected chi connectivity index (χ3v) is 3.79. The van der Waals surface area contributed by atoms with Crippen LogP contribution < -0.4 is 10.6 Å². The Kier molecular flexibility index (Phi) is 4.85. The highest BCUT2D eigenvalue weighted by Gasteiger charge is 2.21. The van der Waals surface area contributed by atoms with Gasteiger partial charge in [-0.2, -0.15) is 0 Å². The second-order valence-electron chi connectivity index (χ2n) is 5.31. The minimum atomic E-state index is 0.529. The van der Waals surface area contributed by atoms with Crippen molar-refractivity contribution in [2.24, 2.45) is 5.92 Å². The average Bonchev–Trinajstić information content (AvgIpc) is 2.91. The van der Waals surface area contributed by atoms with Gasteiger partial charge in [-0.3, -0.25) is 0 Å². The Balaban J connectivity index is 1.91. The zero-order valence-electron chi connectivity index (χ0n) is 11.6.